The van der Waals surface area contributed by atoms with Crippen LogP contribution >= 0.6 is 0 Å². The number of carbonyl (C=O) groups excluding carboxylic acids is 1. The zero-order valence-corrected chi connectivity index (χ0v) is 14.5. The summed E-state index contributed by atoms with van der Waals surface area (Å²) in [6.45, 7) is 1.92. The Labute approximate surface area is 151 Å². The first-order valence-electron chi connectivity index (χ1n) is 8.70. The Morgan fingerprint density at radius 3 is 2.69 bits per heavy atom. The third-order valence-electron chi connectivity index (χ3n) is 4.35. The number of rotatable bonds is 6. The van der Waals surface area contributed by atoms with Crippen LogP contribution in [0.3, 0.4) is 0 Å². The Morgan fingerprint density at radius 1 is 1.19 bits per heavy atom. The van der Waals surface area contributed by atoms with Crippen LogP contribution in [0.15, 0.2) is 48.5 Å². The van der Waals surface area contributed by atoms with E-state index in [2.05, 4.69) is 20.5 Å². The van der Waals surface area contributed by atoms with Crippen LogP contribution in [0.4, 0.5) is 5.69 Å². The first-order chi connectivity index (χ1) is 12.7. The molecule has 0 bridgehead atoms. The summed E-state index contributed by atoms with van der Waals surface area (Å²) in [5.41, 5.74) is 2.63. The summed E-state index contributed by atoms with van der Waals surface area (Å²) < 4.78 is 5.56. The number of para-hydroxylation sites is 1. The highest BCUT2D eigenvalue weighted by molar-refractivity contribution is 5.92. The number of aromatic nitrogens is 3. The van der Waals surface area contributed by atoms with Gasteiger partial charge in [-0.3, -0.25) is 9.89 Å². The van der Waals surface area contributed by atoms with Gasteiger partial charge in [0.1, 0.15) is 11.6 Å². The number of benzene rings is 2. The predicted octanol–water partition coefficient (Wildman–Crippen LogP) is 3.68. The molecule has 1 fully saturated rings. The van der Waals surface area contributed by atoms with Crippen LogP contribution in [0.1, 0.15) is 30.1 Å². The number of amides is 1. The fourth-order valence-electron chi connectivity index (χ4n) is 2.70. The van der Waals surface area contributed by atoms with Gasteiger partial charge in [-0.15, -0.1) is 0 Å². The normalized spacial score (nSPS) is 13.4. The van der Waals surface area contributed by atoms with Gasteiger partial charge in [-0.2, -0.15) is 5.10 Å². The predicted molar refractivity (Wildman–Crippen MR) is 99.1 cm³/mol. The van der Waals surface area contributed by atoms with E-state index in [1.165, 1.54) is 12.8 Å². The van der Waals surface area contributed by atoms with E-state index >= 15 is 0 Å². The van der Waals surface area contributed by atoms with Crippen molar-refractivity contribution >= 4 is 11.6 Å². The van der Waals surface area contributed by atoms with Crippen molar-refractivity contribution in [2.75, 3.05) is 11.9 Å². The maximum atomic E-state index is 12.1. The van der Waals surface area contributed by atoms with E-state index in [1.807, 2.05) is 55.5 Å². The van der Waals surface area contributed by atoms with Crippen LogP contribution in [0, 0.1) is 6.92 Å². The first kappa shape index (κ1) is 16.3. The standard InChI is InChI=1S/C20H20N4O2/c1-13-4-2-3-5-17(13)26-12-18(25)21-16-10-8-15(9-11-16)20-22-19(23-24-20)14-6-7-14/h2-5,8-11,14H,6-7,12H2,1H3,(H,21,25)(H,22,23,24). The Bertz CT molecular complexity index is 914. The lowest BCUT2D eigenvalue weighted by Gasteiger charge is -2.09. The smallest absolute Gasteiger partial charge is 0.262 e. The van der Waals surface area contributed by atoms with Crippen LogP contribution in [-0.4, -0.2) is 27.7 Å². The van der Waals surface area contributed by atoms with E-state index in [9.17, 15) is 4.79 Å². The minimum absolute atomic E-state index is 0.0295. The molecule has 132 valence electrons. The van der Waals surface area contributed by atoms with Gasteiger partial charge >= 0.3 is 0 Å². The van der Waals surface area contributed by atoms with Crippen molar-refractivity contribution in [3.63, 3.8) is 0 Å². The summed E-state index contributed by atoms with van der Waals surface area (Å²) in [5, 5.41) is 10.1. The topological polar surface area (TPSA) is 79.9 Å². The molecule has 3 aromatic rings. The lowest BCUT2D eigenvalue weighted by Crippen LogP contribution is -2.20. The molecule has 0 atom stereocenters. The van der Waals surface area contributed by atoms with Gasteiger partial charge in [-0.25, -0.2) is 4.98 Å². The van der Waals surface area contributed by atoms with E-state index < -0.39 is 0 Å². The third kappa shape index (κ3) is 3.74. The van der Waals surface area contributed by atoms with E-state index in [-0.39, 0.29) is 12.5 Å². The summed E-state index contributed by atoms with van der Waals surface area (Å²) >= 11 is 0. The molecular formula is C20H20N4O2. The second-order valence-electron chi connectivity index (χ2n) is 6.50. The zero-order valence-electron chi connectivity index (χ0n) is 14.5. The SMILES string of the molecule is Cc1ccccc1OCC(=O)Nc1ccc(-c2n[nH]c(C3CC3)n2)cc1. The van der Waals surface area contributed by atoms with Gasteiger partial charge in [0.25, 0.3) is 5.91 Å². The van der Waals surface area contributed by atoms with Gasteiger partial charge in [0.15, 0.2) is 12.4 Å². The molecule has 2 aromatic carbocycles. The molecule has 0 saturated heterocycles. The number of hydrogen-bond acceptors (Lipinski definition) is 4. The van der Waals surface area contributed by atoms with Crippen molar-refractivity contribution in [3.8, 4) is 17.1 Å². The second-order valence-corrected chi connectivity index (χ2v) is 6.50. The minimum Gasteiger partial charge on any atom is -0.483 e. The molecular weight excluding hydrogens is 328 g/mol. The molecule has 4 rings (SSSR count). The average Bonchev–Trinajstić information content (AvgIpc) is 3.39. The van der Waals surface area contributed by atoms with Gasteiger partial charge in [0.2, 0.25) is 0 Å². The summed E-state index contributed by atoms with van der Waals surface area (Å²) in [5.74, 6) is 2.71. The molecule has 1 saturated carbocycles. The highest BCUT2D eigenvalue weighted by Gasteiger charge is 2.27. The molecule has 1 aromatic heterocycles. The number of H-pyrrole nitrogens is 1. The van der Waals surface area contributed by atoms with Crippen LogP contribution in [0.5, 0.6) is 5.75 Å². The number of nitrogens with one attached hydrogen (secondary N) is 2. The Morgan fingerprint density at radius 2 is 1.96 bits per heavy atom. The summed E-state index contributed by atoms with van der Waals surface area (Å²) in [6, 6.07) is 15.1. The molecule has 0 radical (unpaired) electrons. The number of anilines is 1. The van der Waals surface area contributed by atoms with Crippen molar-refractivity contribution in [3.05, 3.63) is 59.9 Å². The van der Waals surface area contributed by atoms with Gasteiger partial charge in [-0.05, 0) is 55.7 Å². The van der Waals surface area contributed by atoms with E-state index in [0.717, 1.165) is 17.0 Å². The molecule has 1 aliphatic rings. The number of aryl methyl sites for hydroxylation is 1. The first-order valence-corrected chi connectivity index (χ1v) is 8.70. The molecule has 0 unspecified atom stereocenters. The molecule has 1 heterocycles. The molecule has 0 aliphatic heterocycles. The maximum Gasteiger partial charge on any atom is 0.262 e. The summed E-state index contributed by atoms with van der Waals surface area (Å²) in [4.78, 5) is 16.6. The Hall–Kier alpha value is -3.15. The Balaban J connectivity index is 1.34. The van der Waals surface area contributed by atoms with Crippen LogP contribution in [0.25, 0.3) is 11.4 Å². The molecule has 2 N–H and O–H groups in total. The molecule has 6 nitrogen and oxygen atoms in total. The summed E-state index contributed by atoms with van der Waals surface area (Å²) in [7, 11) is 0. The van der Waals surface area contributed by atoms with Crippen LogP contribution < -0.4 is 10.1 Å². The number of nitrogens with zero attached hydrogens (tertiary/aromatic N) is 2. The fraction of sp³-hybridized carbons (Fsp3) is 0.250. The molecule has 6 heteroatoms. The van der Waals surface area contributed by atoms with Gasteiger partial charge in [-0.1, -0.05) is 18.2 Å². The van der Waals surface area contributed by atoms with Crippen LogP contribution in [0.2, 0.25) is 0 Å². The third-order valence-corrected chi connectivity index (χ3v) is 4.35. The van der Waals surface area contributed by atoms with Gasteiger partial charge in [0, 0.05) is 17.2 Å². The quantitative estimate of drug-likeness (QED) is 0.712. The molecule has 0 spiro atoms. The van der Waals surface area contributed by atoms with Crippen molar-refractivity contribution in [2.45, 2.75) is 25.7 Å². The average molecular weight is 348 g/mol. The van der Waals surface area contributed by atoms with Crippen LogP contribution in [-0.2, 0) is 4.79 Å². The van der Waals surface area contributed by atoms with Crippen molar-refractivity contribution in [1.82, 2.24) is 15.2 Å². The highest BCUT2D eigenvalue weighted by atomic mass is 16.5. The van der Waals surface area contributed by atoms with E-state index in [0.29, 0.717) is 23.2 Å². The fourth-order valence-corrected chi connectivity index (χ4v) is 2.70. The lowest BCUT2D eigenvalue weighted by molar-refractivity contribution is -0.118. The second kappa shape index (κ2) is 7.00. The van der Waals surface area contributed by atoms with E-state index in [4.69, 9.17) is 4.74 Å². The Kier molecular flexibility index (Phi) is 4.39. The van der Waals surface area contributed by atoms with Crippen molar-refractivity contribution in [1.29, 1.82) is 0 Å². The monoisotopic (exact) mass is 348 g/mol. The van der Waals surface area contributed by atoms with Crippen molar-refractivity contribution in [2.24, 2.45) is 0 Å². The van der Waals surface area contributed by atoms with E-state index in [1.54, 1.807) is 0 Å². The number of aromatic amines is 1. The highest BCUT2D eigenvalue weighted by Crippen LogP contribution is 2.38. The lowest BCUT2D eigenvalue weighted by atomic mass is 10.2. The van der Waals surface area contributed by atoms with Gasteiger partial charge < -0.3 is 10.1 Å². The molecule has 26 heavy (non-hydrogen) atoms. The van der Waals surface area contributed by atoms with Gasteiger partial charge in [0.05, 0.1) is 0 Å². The number of hydrogen-bond donors (Lipinski definition) is 2. The maximum absolute atomic E-state index is 12.1. The zero-order chi connectivity index (χ0) is 17.9. The van der Waals surface area contributed by atoms with Crippen molar-refractivity contribution < 1.29 is 9.53 Å². The number of ether oxygens (including phenoxy) is 1. The molecule has 1 aliphatic carbocycles. The summed E-state index contributed by atoms with van der Waals surface area (Å²) in [6.07, 6.45) is 2.37. The largest absolute Gasteiger partial charge is 0.483 e. The minimum atomic E-state index is -0.199. The number of carbonyl (C=O) groups is 1. The molecule has 1 amide bonds.